The second-order valence-corrected chi connectivity index (χ2v) is 12.5. The van der Waals surface area contributed by atoms with Gasteiger partial charge in [-0.15, -0.1) is 0 Å². The topological polar surface area (TPSA) is 128 Å². The molecule has 4 aliphatic rings. The molecule has 4 saturated carbocycles. The van der Waals surface area contributed by atoms with Crippen LogP contribution in [0.3, 0.4) is 0 Å². The molecule has 4 N–H and O–H groups in total. The predicted molar refractivity (Wildman–Crippen MR) is 154 cm³/mol. The Hall–Kier alpha value is -3.43. The molecule has 41 heavy (non-hydrogen) atoms. The summed E-state index contributed by atoms with van der Waals surface area (Å²) in [6.07, 6.45) is 7.71. The minimum absolute atomic E-state index is 0.128. The van der Waals surface area contributed by atoms with Crippen molar-refractivity contribution in [2.45, 2.75) is 69.7 Å². The van der Waals surface area contributed by atoms with Crippen molar-refractivity contribution < 1.29 is 24.5 Å². The van der Waals surface area contributed by atoms with Gasteiger partial charge < -0.3 is 30.2 Å². The second-order valence-electron chi connectivity index (χ2n) is 12.5. The highest BCUT2D eigenvalue weighted by Gasteiger charge is 2.50. The molecule has 0 unspecified atom stereocenters. The van der Waals surface area contributed by atoms with Crippen LogP contribution in [0.1, 0.15) is 50.2 Å². The Bertz CT molecular complexity index is 1350. The molecule has 9 heteroatoms. The Balaban J connectivity index is 1.25. The van der Waals surface area contributed by atoms with Gasteiger partial charge in [0, 0.05) is 30.7 Å². The maximum Gasteiger partial charge on any atom is 0.408 e. The number of benzene rings is 1. The minimum Gasteiger partial charge on any atom is -0.446 e. The Morgan fingerprint density at radius 1 is 1.10 bits per heavy atom. The first-order valence-corrected chi connectivity index (χ1v) is 14.9. The molecule has 3 aromatic rings. The number of nitrogens with one attached hydrogen (secondary N) is 2. The van der Waals surface area contributed by atoms with Gasteiger partial charge in [0.1, 0.15) is 17.3 Å². The lowest BCUT2D eigenvalue weighted by molar-refractivity contribution is -0.151. The third kappa shape index (κ3) is 5.70. The van der Waals surface area contributed by atoms with Crippen LogP contribution in [0.4, 0.5) is 4.79 Å². The molecule has 0 aliphatic heterocycles. The lowest BCUT2D eigenvalue weighted by Gasteiger charge is -2.53. The predicted octanol–water partition coefficient (Wildman–Crippen LogP) is 3.80. The molecular weight excluding hydrogens is 520 g/mol. The van der Waals surface area contributed by atoms with Gasteiger partial charge in [0.05, 0.1) is 6.61 Å². The fraction of sp³-hybridized carbons (Fsp3) is 0.531. The normalized spacial score (nSPS) is 26.9. The van der Waals surface area contributed by atoms with Crippen molar-refractivity contribution in [1.82, 2.24) is 20.2 Å². The van der Waals surface area contributed by atoms with E-state index in [1.54, 1.807) is 19.3 Å². The van der Waals surface area contributed by atoms with E-state index < -0.39 is 30.4 Å². The summed E-state index contributed by atoms with van der Waals surface area (Å²) >= 11 is 0. The van der Waals surface area contributed by atoms with Crippen LogP contribution in [0.25, 0.3) is 11.0 Å². The van der Waals surface area contributed by atoms with Crippen molar-refractivity contribution in [1.29, 1.82) is 0 Å². The van der Waals surface area contributed by atoms with E-state index in [0.29, 0.717) is 23.9 Å². The molecule has 9 nitrogen and oxygen atoms in total. The van der Waals surface area contributed by atoms with Crippen molar-refractivity contribution >= 4 is 23.0 Å². The van der Waals surface area contributed by atoms with Gasteiger partial charge in [0.2, 0.25) is 0 Å². The number of rotatable bonds is 10. The molecule has 4 fully saturated rings. The average molecular weight is 561 g/mol. The molecule has 2 atom stereocenters. The third-order valence-electron chi connectivity index (χ3n) is 9.58. The zero-order chi connectivity index (χ0) is 28.6. The van der Waals surface area contributed by atoms with E-state index in [1.807, 2.05) is 42.5 Å². The van der Waals surface area contributed by atoms with Crippen LogP contribution in [0.2, 0.25) is 0 Å². The van der Waals surface area contributed by atoms with E-state index in [2.05, 4.69) is 15.3 Å². The smallest absolute Gasteiger partial charge is 0.408 e. The Morgan fingerprint density at radius 2 is 1.80 bits per heavy atom. The van der Waals surface area contributed by atoms with E-state index in [1.165, 1.54) is 11.3 Å². The number of aliphatic hydroxyl groups is 2. The highest BCUT2D eigenvalue weighted by molar-refractivity contribution is 5.91. The van der Waals surface area contributed by atoms with Crippen molar-refractivity contribution in [2.75, 3.05) is 13.2 Å². The number of aliphatic hydroxyl groups excluding tert-OH is 2. The van der Waals surface area contributed by atoms with Gasteiger partial charge in [0.15, 0.2) is 6.23 Å². The van der Waals surface area contributed by atoms with Crippen LogP contribution in [0.15, 0.2) is 54.9 Å². The van der Waals surface area contributed by atoms with Gasteiger partial charge in [-0.1, -0.05) is 30.3 Å². The zero-order valence-electron chi connectivity index (χ0n) is 23.5. The maximum absolute atomic E-state index is 14.3. The van der Waals surface area contributed by atoms with Crippen LogP contribution in [-0.4, -0.2) is 68.1 Å². The minimum atomic E-state index is -1.46. The molecule has 2 heterocycles. The number of amides is 2. The van der Waals surface area contributed by atoms with Crippen LogP contribution in [0.5, 0.6) is 0 Å². The number of carbonyl (C=O) groups is 2. The van der Waals surface area contributed by atoms with E-state index in [0.717, 1.165) is 54.0 Å². The molecule has 2 aromatic heterocycles. The van der Waals surface area contributed by atoms with Crippen molar-refractivity contribution in [3.8, 4) is 0 Å². The Kier molecular flexibility index (Phi) is 7.74. The standard InChI is InChI=1S/C32H40N4O5/c1-32(17-25-18-34-29-26(25)8-5-10-33-29,30(39)36(27(38)19-37)11-9-20-6-3-2-4-7-20)35-31(40)41-28-23-13-21-12-22(15-23)16-24(28)14-21/h2-8,10,18,21-24,27-28,37-38H,9,11-17,19H2,1H3,(H,33,34)(H,35,40)/t21?,22?,23?,24?,27-,28?,32-/m0/s1. The summed E-state index contributed by atoms with van der Waals surface area (Å²) in [6, 6.07) is 13.4. The average Bonchev–Trinajstić information content (AvgIpc) is 3.37. The molecule has 7 rings (SSSR count). The quantitative estimate of drug-likeness (QED) is 0.279. The van der Waals surface area contributed by atoms with E-state index in [4.69, 9.17) is 4.74 Å². The molecule has 218 valence electrons. The third-order valence-corrected chi connectivity index (χ3v) is 9.58. The number of fused-ring (bicyclic) bond motifs is 1. The van der Waals surface area contributed by atoms with Gasteiger partial charge in [-0.25, -0.2) is 9.78 Å². The second kappa shape index (κ2) is 11.4. The summed E-state index contributed by atoms with van der Waals surface area (Å²) in [5.41, 5.74) is 1.03. The molecule has 1 aromatic carbocycles. The Morgan fingerprint density at radius 3 is 2.49 bits per heavy atom. The van der Waals surface area contributed by atoms with E-state index in [-0.39, 0.29) is 19.1 Å². The highest BCUT2D eigenvalue weighted by atomic mass is 16.6. The number of carbonyl (C=O) groups excluding carboxylic acids is 2. The number of aromatic amines is 1. The lowest BCUT2D eigenvalue weighted by Crippen LogP contribution is -2.62. The number of H-pyrrole nitrogens is 1. The van der Waals surface area contributed by atoms with E-state index >= 15 is 0 Å². The fourth-order valence-electron chi connectivity index (χ4n) is 7.85. The van der Waals surface area contributed by atoms with Gasteiger partial charge in [-0.05, 0) is 92.4 Å². The summed E-state index contributed by atoms with van der Waals surface area (Å²) < 4.78 is 6.12. The molecular formula is C32H40N4O5. The lowest BCUT2D eigenvalue weighted by atomic mass is 9.55. The summed E-state index contributed by atoms with van der Waals surface area (Å²) in [7, 11) is 0. The van der Waals surface area contributed by atoms with Crippen LogP contribution in [0, 0.1) is 23.7 Å². The van der Waals surface area contributed by atoms with Crippen molar-refractivity contribution in [3.05, 3.63) is 66.0 Å². The maximum atomic E-state index is 14.3. The van der Waals surface area contributed by atoms with Crippen LogP contribution in [-0.2, 0) is 22.4 Å². The van der Waals surface area contributed by atoms with Crippen molar-refractivity contribution in [2.24, 2.45) is 23.7 Å². The highest BCUT2D eigenvalue weighted by Crippen LogP contribution is 2.54. The molecule has 4 aliphatic carbocycles. The largest absolute Gasteiger partial charge is 0.446 e. The summed E-state index contributed by atoms with van der Waals surface area (Å²) in [4.78, 5) is 36.6. The van der Waals surface area contributed by atoms with Gasteiger partial charge in [-0.2, -0.15) is 0 Å². The number of hydrogen-bond donors (Lipinski definition) is 4. The number of alkyl carbamates (subject to hydrolysis) is 1. The monoisotopic (exact) mass is 560 g/mol. The molecule has 4 bridgehead atoms. The summed E-state index contributed by atoms with van der Waals surface area (Å²) in [6.45, 7) is 1.22. The van der Waals surface area contributed by atoms with Gasteiger partial charge in [0.25, 0.3) is 5.91 Å². The van der Waals surface area contributed by atoms with Crippen LogP contribution >= 0.6 is 0 Å². The number of aromatic nitrogens is 2. The molecule has 0 radical (unpaired) electrons. The summed E-state index contributed by atoms with van der Waals surface area (Å²) in [5, 5.41) is 24.4. The van der Waals surface area contributed by atoms with Gasteiger partial charge in [-0.3, -0.25) is 4.79 Å². The van der Waals surface area contributed by atoms with Crippen molar-refractivity contribution in [3.63, 3.8) is 0 Å². The molecule has 2 amide bonds. The molecule has 0 saturated heterocycles. The van der Waals surface area contributed by atoms with E-state index in [9.17, 15) is 19.8 Å². The SMILES string of the molecule is C[C@@](Cc1c[nH]c2ncccc12)(NC(=O)OC1C2CC3CC(C2)CC1C3)C(=O)N(CCc1ccccc1)[C@@H](O)CO. The first kappa shape index (κ1) is 27.7. The first-order chi connectivity index (χ1) is 19.8. The first-order valence-electron chi connectivity index (χ1n) is 14.9. The van der Waals surface area contributed by atoms with Crippen LogP contribution < -0.4 is 5.32 Å². The number of nitrogens with zero attached hydrogens (tertiary/aromatic N) is 2. The number of ether oxygens (including phenoxy) is 1. The Labute approximate surface area is 240 Å². The fourth-order valence-corrected chi connectivity index (χ4v) is 7.85. The number of pyridine rings is 1. The summed E-state index contributed by atoms with van der Waals surface area (Å²) in [5.74, 6) is 1.78. The number of hydrogen-bond acceptors (Lipinski definition) is 6. The van der Waals surface area contributed by atoms with Gasteiger partial charge >= 0.3 is 6.09 Å². The molecule has 0 spiro atoms. The zero-order valence-corrected chi connectivity index (χ0v) is 23.5.